The van der Waals surface area contributed by atoms with Gasteiger partial charge in [0.2, 0.25) is 0 Å². The Balaban J connectivity index is 1.95. The minimum atomic E-state index is -0.528. The zero-order valence-corrected chi connectivity index (χ0v) is 30.7. The molecule has 2 aromatic carbocycles. The van der Waals surface area contributed by atoms with Gasteiger partial charge in [-0.15, -0.1) is 0 Å². The standard InChI is InChI=1S/C39H52O10/c1-26(21-28-15-17-32(34(23-28)44-9)46-19-11-13-36(42)48-38(3,4)5)30(40)25-31(41)27(2)22-29-16-18-33(35(24-29)45-10)47-20-12-14-37(43)49-39(6,7)8/h15-18,21-24H,11-14,19-20,25H2,1-10H3/b26-21+,27-22+. The van der Waals surface area contributed by atoms with Crippen molar-refractivity contribution in [1.29, 1.82) is 0 Å². The number of hydrogen-bond donors (Lipinski definition) is 0. The predicted molar refractivity (Wildman–Crippen MR) is 189 cm³/mol. The fourth-order valence-corrected chi connectivity index (χ4v) is 4.45. The van der Waals surface area contributed by atoms with Crippen molar-refractivity contribution in [3.8, 4) is 23.0 Å². The van der Waals surface area contributed by atoms with Crippen LogP contribution in [0.2, 0.25) is 0 Å². The highest BCUT2D eigenvalue weighted by Gasteiger charge is 2.18. The molecule has 0 atom stereocenters. The summed E-state index contributed by atoms with van der Waals surface area (Å²) in [5, 5.41) is 0. The van der Waals surface area contributed by atoms with E-state index in [9.17, 15) is 19.2 Å². The molecule has 49 heavy (non-hydrogen) atoms. The fourth-order valence-electron chi connectivity index (χ4n) is 4.45. The van der Waals surface area contributed by atoms with Crippen molar-refractivity contribution in [3.05, 3.63) is 58.7 Å². The van der Waals surface area contributed by atoms with Gasteiger partial charge in [-0.05, 0) is 127 Å². The Kier molecular flexibility index (Phi) is 15.6. The van der Waals surface area contributed by atoms with Gasteiger partial charge in [0, 0.05) is 12.8 Å². The van der Waals surface area contributed by atoms with Gasteiger partial charge >= 0.3 is 11.9 Å². The molecule has 0 N–H and O–H groups in total. The van der Waals surface area contributed by atoms with Gasteiger partial charge in [0.25, 0.3) is 0 Å². The summed E-state index contributed by atoms with van der Waals surface area (Å²) in [5.41, 5.74) is 1.21. The van der Waals surface area contributed by atoms with Crippen molar-refractivity contribution < 1.29 is 47.6 Å². The van der Waals surface area contributed by atoms with Crippen LogP contribution in [0.25, 0.3) is 12.2 Å². The van der Waals surface area contributed by atoms with Crippen LogP contribution in [-0.4, -0.2) is 62.1 Å². The summed E-state index contributed by atoms with van der Waals surface area (Å²) < 4.78 is 33.2. The summed E-state index contributed by atoms with van der Waals surface area (Å²) >= 11 is 0. The van der Waals surface area contributed by atoms with Crippen LogP contribution < -0.4 is 18.9 Å². The van der Waals surface area contributed by atoms with E-state index in [0.29, 0.717) is 71.3 Å². The average Bonchev–Trinajstić information content (AvgIpc) is 3.00. The first-order valence-corrected chi connectivity index (χ1v) is 16.4. The van der Waals surface area contributed by atoms with E-state index in [2.05, 4.69) is 0 Å². The molecule has 0 bridgehead atoms. The second-order valence-corrected chi connectivity index (χ2v) is 13.6. The van der Waals surface area contributed by atoms with Gasteiger partial charge in [0.15, 0.2) is 34.6 Å². The van der Waals surface area contributed by atoms with E-state index in [-0.39, 0.29) is 42.8 Å². The molecular weight excluding hydrogens is 628 g/mol. The molecule has 0 aliphatic carbocycles. The molecule has 0 radical (unpaired) electrons. The molecule has 10 nitrogen and oxygen atoms in total. The summed E-state index contributed by atoms with van der Waals surface area (Å²) in [6, 6.07) is 10.5. The fraction of sp³-hybridized carbons (Fsp3) is 0.487. The van der Waals surface area contributed by atoms with Gasteiger partial charge in [-0.25, -0.2) is 0 Å². The van der Waals surface area contributed by atoms with Crippen LogP contribution in [0, 0.1) is 0 Å². The number of hydrogen-bond acceptors (Lipinski definition) is 10. The number of Topliss-reactive ketones (excluding diaryl/α,β-unsaturated/α-hetero) is 2. The molecule has 2 rings (SSSR count). The first-order chi connectivity index (χ1) is 22.9. The van der Waals surface area contributed by atoms with E-state index in [1.54, 1.807) is 62.4 Å². The van der Waals surface area contributed by atoms with Crippen LogP contribution in [0.3, 0.4) is 0 Å². The lowest BCUT2D eigenvalue weighted by molar-refractivity contribution is -0.156. The third-order valence-corrected chi connectivity index (χ3v) is 6.75. The average molecular weight is 681 g/mol. The van der Waals surface area contributed by atoms with E-state index < -0.39 is 11.2 Å². The minimum Gasteiger partial charge on any atom is -0.493 e. The van der Waals surface area contributed by atoms with Crippen molar-refractivity contribution >= 4 is 35.7 Å². The van der Waals surface area contributed by atoms with Gasteiger partial charge in [-0.2, -0.15) is 0 Å². The number of carbonyl (C=O) groups excluding carboxylic acids is 4. The van der Waals surface area contributed by atoms with Gasteiger partial charge in [-0.1, -0.05) is 12.1 Å². The number of ether oxygens (including phenoxy) is 6. The molecular formula is C39H52O10. The van der Waals surface area contributed by atoms with Crippen LogP contribution >= 0.6 is 0 Å². The maximum atomic E-state index is 13.0. The number of carbonyl (C=O) groups is 4. The third kappa shape index (κ3) is 15.4. The van der Waals surface area contributed by atoms with Crippen molar-refractivity contribution in [2.75, 3.05) is 27.4 Å². The molecule has 0 heterocycles. The summed E-state index contributed by atoms with van der Waals surface area (Å²) in [4.78, 5) is 49.7. The smallest absolute Gasteiger partial charge is 0.306 e. The molecule has 0 fully saturated rings. The highest BCUT2D eigenvalue weighted by atomic mass is 16.6. The Morgan fingerprint density at radius 2 is 0.959 bits per heavy atom. The predicted octanol–water partition coefficient (Wildman–Crippen LogP) is 7.74. The summed E-state index contributed by atoms with van der Waals surface area (Å²) in [7, 11) is 3.04. The van der Waals surface area contributed by atoms with Crippen LogP contribution in [-0.2, 0) is 28.7 Å². The lowest BCUT2D eigenvalue weighted by atomic mass is 10.00. The van der Waals surface area contributed by atoms with E-state index in [0.717, 1.165) is 0 Å². The van der Waals surface area contributed by atoms with Crippen molar-refractivity contribution in [1.82, 2.24) is 0 Å². The molecule has 0 unspecified atom stereocenters. The number of methoxy groups -OCH3 is 2. The SMILES string of the molecule is COc1cc(/C=C(\C)C(=O)CC(=O)/C(C)=C/c2ccc(OCCCC(=O)OC(C)(C)C)c(OC)c2)ccc1OCCCC(=O)OC(C)(C)C. The zero-order chi connectivity index (χ0) is 36.8. The number of rotatable bonds is 18. The molecule has 2 aromatic rings. The largest absolute Gasteiger partial charge is 0.493 e. The Bertz CT molecular complexity index is 1410. The first-order valence-electron chi connectivity index (χ1n) is 16.4. The highest BCUT2D eigenvalue weighted by molar-refractivity contribution is 6.15. The third-order valence-electron chi connectivity index (χ3n) is 6.75. The maximum absolute atomic E-state index is 13.0. The van der Waals surface area contributed by atoms with Crippen LogP contribution in [0.1, 0.15) is 98.6 Å². The first kappa shape index (κ1) is 40.6. The van der Waals surface area contributed by atoms with E-state index in [4.69, 9.17) is 28.4 Å². The van der Waals surface area contributed by atoms with E-state index >= 15 is 0 Å². The number of benzene rings is 2. The molecule has 268 valence electrons. The maximum Gasteiger partial charge on any atom is 0.306 e. The lowest BCUT2D eigenvalue weighted by Crippen LogP contribution is -2.24. The molecule has 0 spiro atoms. The number of allylic oxidation sites excluding steroid dienone is 2. The van der Waals surface area contributed by atoms with Gasteiger partial charge in [0.1, 0.15) is 11.2 Å². The lowest BCUT2D eigenvalue weighted by Gasteiger charge is -2.19. The molecule has 0 amide bonds. The van der Waals surface area contributed by atoms with Crippen molar-refractivity contribution in [2.45, 2.75) is 98.7 Å². The van der Waals surface area contributed by atoms with Crippen LogP contribution in [0.5, 0.6) is 23.0 Å². The minimum absolute atomic E-state index is 0.241. The second-order valence-electron chi connectivity index (χ2n) is 13.6. The Hall–Kier alpha value is -4.60. The van der Waals surface area contributed by atoms with Crippen molar-refractivity contribution in [2.24, 2.45) is 0 Å². The molecule has 10 heteroatoms. The number of esters is 2. The topological polar surface area (TPSA) is 124 Å². The van der Waals surface area contributed by atoms with Crippen LogP contribution in [0.4, 0.5) is 0 Å². The number of ketones is 2. The molecule has 0 aliphatic heterocycles. The summed E-state index contributed by atoms with van der Waals surface area (Å²) in [6.07, 6.45) is 4.56. The van der Waals surface area contributed by atoms with E-state index in [1.165, 1.54) is 14.2 Å². The van der Waals surface area contributed by atoms with Crippen LogP contribution in [0.15, 0.2) is 47.5 Å². The monoisotopic (exact) mass is 680 g/mol. The van der Waals surface area contributed by atoms with Gasteiger partial charge < -0.3 is 28.4 Å². The molecule has 0 aliphatic rings. The van der Waals surface area contributed by atoms with E-state index in [1.807, 2.05) is 41.5 Å². The normalized spacial score (nSPS) is 12.2. The molecule has 0 saturated carbocycles. The zero-order valence-electron chi connectivity index (χ0n) is 30.7. The Labute approximate surface area is 290 Å². The van der Waals surface area contributed by atoms with Crippen molar-refractivity contribution in [3.63, 3.8) is 0 Å². The molecule has 0 saturated heterocycles. The highest BCUT2D eigenvalue weighted by Crippen LogP contribution is 2.31. The summed E-state index contributed by atoms with van der Waals surface area (Å²) in [5.74, 6) is 0.828. The molecule has 0 aromatic heterocycles. The quantitative estimate of drug-likeness (QED) is 0.0668. The second kappa shape index (κ2) is 18.8. The van der Waals surface area contributed by atoms with Gasteiger partial charge in [-0.3, -0.25) is 19.2 Å². The summed E-state index contributed by atoms with van der Waals surface area (Å²) in [6.45, 7) is 14.9. The Morgan fingerprint density at radius 3 is 1.29 bits per heavy atom. The Morgan fingerprint density at radius 1 is 0.592 bits per heavy atom. The van der Waals surface area contributed by atoms with Gasteiger partial charge in [0.05, 0.1) is 33.9 Å².